The standard InChI is InChI=1S/C11H17N3O4/c1-11(2,3)18-10(17)13-8-4-5-14(7-12-8)6-9(15)16/h4-5H,6-7H2,1-3H3,(H,15,16)(H,12,13,17). The molecule has 100 valence electrons. The van der Waals surface area contributed by atoms with E-state index < -0.39 is 17.7 Å². The van der Waals surface area contributed by atoms with Crippen LogP contribution >= 0.6 is 0 Å². The molecule has 0 fully saturated rings. The summed E-state index contributed by atoms with van der Waals surface area (Å²) in [6.45, 7) is 5.35. The van der Waals surface area contributed by atoms with Crippen molar-refractivity contribution in [2.24, 2.45) is 4.99 Å². The fourth-order valence-corrected chi connectivity index (χ4v) is 1.21. The molecular formula is C11H17N3O4. The minimum atomic E-state index is -0.932. The Balaban J connectivity index is 2.43. The zero-order valence-corrected chi connectivity index (χ0v) is 10.6. The summed E-state index contributed by atoms with van der Waals surface area (Å²) >= 11 is 0. The van der Waals surface area contributed by atoms with Gasteiger partial charge in [0.15, 0.2) is 0 Å². The van der Waals surface area contributed by atoms with Crippen LogP contribution < -0.4 is 5.32 Å². The van der Waals surface area contributed by atoms with Crippen LogP contribution in [0.3, 0.4) is 0 Å². The predicted molar refractivity (Wildman–Crippen MR) is 65.2 cm³/mol. The Morgan fingerprint density at radius 1 is 1.56 bits per heavy atom. The third kappa shape index (κ3) is 5.33. The van der Waals surface area contributed by atoms with Crippen molar-refractivity contribution in [2.75, 3.05) is 13.2 Å². The van der Waals surface area contributed by atoms with E-state index in [1.807, 2.05) is 0 Å². The minimum Gasteiger partial charge on any atom is -0.480 e. The molecule has 7 nitrogen and oxygen atoms in total. The van der Waals surface area contributed by atoms with Crippen LogP contribution in [0, 0.1) is 0 Å². The number of aliphatic imine (C=N–C) groups is 1. The summed E-state index contributed by atoms with van der Waals surface area (Å²) in [4.78, 5) is 27.4. The second-order valence-electron chi connectivity index (χ2n) is 4.77. The molecule has 1 heterocycles. The van der Waals surface area contributed by atoms with E-state index in [0.29, 0.717) is 5.84 Å². The van der Waals surface area contributed by atoms with Gasteiger partial charge in [-0.25, -0.2) is 9.79 Å². The van der Waals surface area contributed by atoms with Crippen molar-refractivity contribution in [1.29, 1.82) is 0 Å². The van der Waals surface area contributed by atoms with E-state index in [9.17, 15) is 9.59 Å². The van der Waals surface area contributed by atoms with Gasteiger partial charge >= 0.3 is 12.1 Å². The van der Waals surface area contributed by atoms with Crippen LogP contribution in [-0.2, 0) is 9.53 Å². The van der Waals surface area contributed by atoms with Gasteiger partial charge in [-0.15, -0.1) is 0 Å². The van der Waals surface area contributed by atoms with Crippen LogP contribution in [0.4, 0.5) is 4.79 Å². The van der Waals surface area contributed by atoms with Crippen LogP contribution in [0.15, 0.2) is 17.3 Å². The lowest BCUT2D eigenvalue weighted by Gasteiger charge is -2.22. The number of nitrogens with one attached hydrogen (secondary N) is 1. The van der Waals surface area contributed by atoms with Gasteiger partial charge in [-0.05, 0) is 26.8 Å². The smallest absolute Gasteiger partial charge is 0.413 e. The molecule has 0 saturated carbocycles. The third-order valence-corrected chi connectivity index (χ3v) is 1.83. The molecule has 0 aliphatic carbocycles. The maximum atomic E-state index is 11.4. The van der Waals surface area contributed by atoms with Gasteiger partial charge in [-0.1, -0.05) is 0 Å². The fraction of sp³-hybridized carbons (Fsp3) is 0.545. The Morgan fingerprint density at radius 3 is 2.67 bits per heavy atom. The number of carbonyl (C=O) groups excluding carboxylic acids is 1. The lowest BCUT2D eigenvalue weighted by Crippen LogP contribution is -2.38. The highest BCUT2D eigenvalue weighted by molar-refractivity contribution is 6.02. The van der Waals surface area contributed by atoms with E-state index >= 15 is 0 Å². The van der Waals surface area contributed by atoms with Crippen LogP contribution in [0.25, 0.3) is 0 Å². The molecule has 1 aliphatic heterocycles. The second kappa shape index (κ2) is 5.52. The van der Waals surface area contributed by atoms with Crippen LogP contribution in [-0.4, -0.2) is 46.7 Å². The number of carbonyl (C=O) groups is 2. The molecule has 2 N–H and O–H groups in total. The Labute approximate surface area is 105 Å². The molecule has 0 aromatic carbocycles. The highest BCUT2D eigenvalue weighted by Gasteiger charge is 2.17. The predicted octanol–water partition coefficient (Wildman–Crippen LogP) is 0.781. The molecule has 0 saturated heterocycles. The van der Waals surface area contributed by atoms with E-state index in [4.69, 9.17) is 9.84 Å². The number of alkyl carbamates (subject to hydrolysis) is 1. The van der Waals surface area contributed by atoms with E-state index in [-0.39, 0.29) is 13.2 Å². The van der Waals surface area contributed by atoms with Gasteiger partial charge in [0.1, 0.15) is 24.7 Å². The summed E-state index contributed by atoms with van der Waals surface area (Å²) in [5, 5.41) is 11.1. The Morgan fingerprint density at radius 2 is 2.22 bits per heavy atom. The highest BCUT2D eigenvalue weighted by Crippen LogP contribution is 2.07. The van der Waals surface area contributed by atoms with Crippen molar-refractivity contribution < 1.29 is 19.4 Å². The van der Waals surface area contributed by atoms with E-state index in [2.05, 4.69) is 10.3 Å². The van der Waals surface area contributed by atoms with Gasteiger partial charge in [-0.3, -0.25) is 10.1 Å². The SMILES string of the molecule is CC(C)(C)OC(=O)NC1=NCN(CC(=O)O)C=C1. The van der Waals surface area contributed by atoms with Crippen molar-refractivity contribution in [3.8, 4) is 0 Å². The van der Waals surface area contributed by atoms with Gasteiger partial charge in [0.05, 0.1) is 0 Å². The number of hydrogen-bond donors (Lipinski definition) is 2. The van der Waals surface area contributed by atoms with Crippen molar-refractivity contribution in [1.82, 2.24) is 10.2 Å². The van der Waals surface area contributed by atoms with E-state index in [1.165, 1.54) is 11.0 Å². The largest absolute Gasteiger partial charge is 0.480 e. The first kappa shape index (κ1) is 14.0. The molecule has 0 aromatic heterocycles. The summed E-state index contributed by atoms with van der Waals surface area (Å²) in [5.74, 6) is -0.579. The first-order chi connectivity index (χ1) is 8.26. The molecule has 0 radical (unpaired) electrons. The molecule has 18 heavy (non-hydrogen) atoms. The number of amides is 1. The average molecular weight is 255 g/mol. The first-order valence-electron chi connectivity index (χ1n) is 5.45. The van der Waals surface area contributed by atoms with Crippen molar-refractivity contribution in [2.45, 2.75) is 26.4 Å². The van der Waals surface area contributed by atoms with Gasteiger partial charge in [-0.2, -0.15) is 0 Å². The second-order valence-corrected chi connectivity index (χ2v) is 4.77. The van der Waals surface area contributed by atoms with E-state index in [1.54, 1.807) is 27.0 Å². The molecule has 1 aliphatic rings. The van der Waals surface area contributed by atoms with Crippen molar-refractivity contribution in [3.05, 3.63) is 12.3 Å². The number of ether oxygens (including phenoxy) is 1. The fourth-order valence-electron chi connectivity index (χ4n) is 1.21. The molecule has 0 aromatic rings. The average Bonchev–Trinajstić information content (AvgIpc) is 2.17. The summed E-state index contributed by atoms with van der Waals surface area (Å²) in [6.07, 6.45) is 2.50. The topological polar surface area (TPSA) is 91.2 Å². The third-order valence-electron chi connectivity index (χ3n) is 1.83. The number of hydrogen-bond acceptors (Lipinski definition) is 5. The van der Waals surface area contributed by atoms with Crippen LogP contribution in [0.1, 0.15) is 20.8 Å². The first-order valence-corrected chi connectivity index (χ1v) is 5.45. The van der Waals surface area contributed by atoms with E-state index in [0.717, 1.165) is 0 Å². The summed E-state index contributed by atoms with van der Waals surface area (Å²) in [6, 6.07) is 0. The van der Waals surface area contributed by atoms with Gasteiger partial charge in [0.25, 0.3) is 0 Å². The number of amidine groups is 1. The lowest BCUT2D eigenvalue weighted by atomic mass is 10.2. The molecule has 1 amide bonds. The number of carboxylic acid groups (broad SMARTS) is 1. The molecule has 0 bridgehead atoms. The molecule has 0 atom stereocenters. The Bertz CT molecular complexity index is 396. The van der Waals surface area contributed by atoms with Gasteiger partial charge in [0.2, 0.25) is 0 Å². The minimum absolute atomic E-state index is 0.125. The molecule has 0 spiro atoms. The zero-order valence-electron chi connectivity index (χ0n) is 10.6. The van der Waals surface area contributed by atoms with Crippen molar-refractivity contribution >= 4 is 17.9 Å². The van der Waals surface area contributed by atoms with Crippen LogP contribution in [0.2, 0.25) is 0 Å². The maximum absolute atomic E-state index is 11.4. The quantitative estimate of drug-likeness (QED) is 0.760. The maximum Gasteiger partial charge on any atom is 0.413 e. The summed E-state index contributed by atoms with van der Waals surface area (Å²) < 4.78 is 5.06. The van der Waals surface area contributed by atoms with Crippen molar-refractivity contribution in [3.63, 3.8) is 0 Å². The Kier molecular flexibility index (Phi) is 4.30. The van der Waals surface area contributed by atoms with Gasteiger partial charge in [0, 0.05) is 6.20 Å². The number of rotatable bonds is 2. The number of nitrogens with zero attached hydrogens (tertiary/aromatic N) is 2. The number of aliphatic carboxylic acids is 1. The van der Waals surface area contributed by atoms with Gasteiger partial charge < -0.3 is 14.7 Å². The normalized spacial score (nSPS) is 15.1. The Hall–Kier alpha value is -2.05. The van der Waals surface area contributed by atoms with Crippen LogP contribution in [0.5, 0.6) is 0 Å². The highest BCUT2D eigenvalue weighted by atomic mass is 16.6. The molecule has 0 unspecified atom stereocenters. The summed E-state index contributed by atoms with van der Waals surface area (Å²) in [5.41, 5.74) is -0.571. The monoisotopic (exact) mass is 255 g/mol. The summed E-state index contributed by atoms with van der Waals surface area (Å²) in [7, 11) is 0. The zero-order chi connectivity index (χ0) is 13.8. The molecule has 7 heteroatoms. The molecular weight excluding hydrogens is 238 g/mol. The number of carboxylic acids is 1. The molecule has 1 rings (SSSR count). The lowest BCUT2D eigenvalue weighted by molar-refractivity contribution is -0.137.